The van der Waals surface area contributed by atoms with Gasteiger partial charge in [0, 0.05) is 23.1 Å². The number of ether oxygens (including phenoxy) is 1. The Hall–Kier alpha value is -3.76. The van der Waals surface area contributed by atoms with Crippen molar-refractivity contribution in [3.63, 3.8) is 0 Å². The molecular formula is C18H14F3N3O5. The minimum Gasteiger partial charge on any atom is -0.497 e. The zero-order chi connectivity index (χ0) is 21.2. The van der Waals surface area contributed by atoms with Crippen LogP contribution >= 0.6 is 0 Å². The van der Waals surface area contributed by atoms with Gasteiger partial charge in [-0.2, -0.15) is 13.2 Å². The number of hydrazine groups is 1. The predicted molar refractivity (Wildman–Crippen MR) is 96.3 cm³/mol. The van der Waals surface area contributed by atoms with Crippen molar-refractivity contribution in [1.82, 2.24) is 5.43 Å². The van der Waals surface area contributed by atoms with E-state index in [0.29, 0.717) is 34.4 Å². The fourth-order valence-electron chi connectivity index (χ4n) is 2.65. The van der Waals surface area contributed by atoms with Crippen LogP contribution in [0.3, 0.4) is 0 Å². The van der Waals surface area contributed by atoms with E-state index in [-0.39, 0.29) is 12.1 Å². The van der Waals surface area contributed by atoms with E-state index in [2.05, 4.69) is 10.9 Å². The number of amides is 1. The Morgan fingerprint density at radius 2 is 2.00 bits per heavy atom. The quantitative estimate of drug-likeness (QED) is 0.470. The van der Waals surface area contributed by atoms with Crippen LogP contribution < -0.4 is 15.6 Å². The van der Waals surface area contributed by atoms with Crippen molar-refractivity contribution in [2.24, 2.45) is 0 Å². The van der Waals surface area contributed by atoms with Crippen LogP contribution in [0.15, 0.2) is 47.1 Å². The first kappa shape index (κ1) is 20.0. The monoisotopic (exact) mass is 409 g/mol. The average Bonchev–Trinajstić information content (AvgIpc) is 3.07. The summed E-state index contributed by atoms with van der Waals surface area (Å²) in [4.78, 5) is 22.3. The number of methoxy groups -OCH3 is 1. The Bertz CT molecular complexity index is 1080. The number of furan rings is 1. The molecule has 0 aliphatic rings. The van der Waals surface area contributed by atoms with Crippen LogP contribution in [0.4, 0.5) is 24.5 Å². The molecule has 11 heteroatoms. The van der Waals surface area contributed by atoms with Gasteiger partial charge in [-0.05, 0) is 24.3 Å². The Morgan fingerprint density at radius 1 is 1.24 bits per heavy atom. The number of rotatable bonds is 6. The predicted octanol–water partition coefficient (Wildman–Crippen LogP) is 4.05. The molecule has 0 aliphatic carbocycles. The highest BCUT2D eigenvalue weighted by Crippen LogP contribution is 2.34. The number of hydrogen-bond acceptors (Lipinski definition) is 6. The minimum absolute atomic E-state index is 0.124. The van der Waals surface area contributed by atoms with Gasteiger partial charge in [-0.1, -0.05) is 0 Å². The number of carbonyl (C=O) groups is 1. The lowest BCUT2D eigenvalue weighted by molar-refractivity contribution is -0.384. The Morgan fingerprint density at radius 3 is 2.66 bits per heavy atom. The topological polar surface area (TPSA) is 107 Å². The van der Waals surface area contributed by atoms with Crippen molar-refractivity contribution in [3.8, 4) is 5.75 Å². The van der Waals surface area contributed by atoms with E-state index in [0.717, 1.165) is 6.07 Å². The molecule has 0 spiro atoms. The van der Waals surface area contributed by atoms with E-state index in [1.807, 2.05) is 0 Å². The maximum atomic E-state index is 12.7. The van der Waals surface area contributed by atoms with Crippen LogP contribution in [0.25, 0.3) is 11.0 Å². The average molecular weight is 409 g/mol. The third-order valence-electron chi connectivity index (χ3n) is 4.07. The van der Waals surface area contributed by atoms with E-state index in [4.69, 9.17) is 9.15 Å². The number of hydrogen-bond donors (Lipinski definition) is 2. The summed E-state index contributed by atoms with van der Waals surface area (Å²) in [5.74, 6) is 0.0110. The molecule has 3 rings (SSSR count). The van der Waals surface area contributed by atoms with Crippen LogP contribution in [0, 0.1) is 10.1 Å². The molecule has 1 heterocycles. The first-order valence-corrected chi connectivity index (χ1v) is 8.13. The molecular weight excluding hydrogens is 395 g/mol. The van der Waals surface area contributed by atoms with Crippen molar-refractivity contribution >= 4 is 28.3 Å². The number of nitro benzene ring substituents is 1. The third-order valence-corrected chi connectivity index (χ3v) is 4.07. The lowest BCUT2D eigenvalue weighted by Gasteiger charge is -2.11. The summed E-state index contributed by atoms with van der Waals surface area (Å²) in [5, 5.41) is 11.7. The molecule has 152 valence electrons. The molecule has 0 saturated heterocycles. The molecule has 1 amide bonds. The van der Waals surface area contributed by atoms with Gasteiger partial charge in [-0.3, -0.25) is 25.8 Å². The van der Waals surface area contributed by atoms with Gasteiger partial charge in [0.2, 0.25) is 5.91 Å². The Kier molecular flexibility index (Phi) is 5.31. The molecule has 2 N–H and O–H groups in total. The number of halogens is 3. The molecule has 0 saturated carbocycles. The number of anilines is 1. The normalized spacial score (nSPS) is 11.3. The number of fused-ring (bicyclic) bond motifs is 1. The summed E-state index contributed by atoms with van der Waals surface area (Å²) in [6, 6.07) is 7.02. The molecule has 1 aromatic heterocycles. The van der Waals surface area contributed by atoms with Crippen molar-refractivity contribution in [2.75, 3.05) is 12.5 Å². The van der Waals surface area contributed by atoms with E-state index in [1.54, 1.807) is 18.2 Å². The molecule has 0 aliphatic heterocycles. The van der Waals surface area contributed by atoms with E-state index in [9.17, 15) is 28.1 Å². The Labute approximate surface area is 161 Å². The van der Waals surface area contributed by atoms with Gasteiger partial charge >= 0.3 is 6.18 Å². The van der Waals surface area contributed by atoms with Gasteiger partial charge in [0.15, 0.2) is 0 Å². The zero-order valence-corrected chi connectivity index (χ0v) is 14.9. The van der Waals surface area contributed by atoms with E-state index >= 15 is 0 Å². The van der Waals surface area contributed by atoms with Crippen molar-refractivity contribution < 1.29 is 32.0 Å². The molecule has 8 nitrogen and oxygen atoms in total. The van der Waals surface area contributed by atoms with Crippen LogP contribution in [-0.2, 0) is 17.4 Å². The number of nitro groups is 1. The third kappa shape index (κ3) is 4.39. The smallest absolute Gasteiger partial charge is 0.416 e. The first-order chi connectivity index (χ1) is 13.7. The Balaban J connectivity index is 1.72. The van der Waals surface area contributed by atoms with Crippen LogP contribution in [0.1, 0.15) is 11.1 Å². The van der Waals surface area contributed by atoms with Crippen molar-refractivity contribution in [1.29, 1.82) is 0 Å². The van der Waals surface area contributed by atoms with E-state index in [1.165, 1.54) is 13.4 Å². The maximum absolute atomic E-state index is 12.7. The highest BCUT2D eigenvalue weighted by molar-refractivity contribution is 5.88. The molecule has 3 aromatic rings. The summed E-state index contributed by atoms with van der Waals surface area (Å²) in [6.45, 7) is 0. The fraction of sp³-hybridized carbons (Fsp3) is 0.167. The number of nitrogens with zero attached hydrogens (tertiary/aromatic N) is 1. The number of carbonyl (C=O) groups excluding carboxylic acids is 1. The molecule has 29 heavy (non-hydrogen) atoms. The first-order valence-electron chi connectivity index (χ1n) is 8.13. The number of nitrogens with one attached hydrogen (secondary N) is 2. The lowest BCUT2D eigenvalue weighted by Crippen LogP contribution is -2.31. The molecule has 0 atom stereocenters. The SMILES string of the molecule is COc1ccc2c(CC(=O)NNc3ccc(C(F)(F)F)cc3[N+](=O)[O-])coc2c1. The van der Waals surface area contributed by atoms with Gasteiger partial charge in [0.1, 0.15) is 17.0 Å². The van der Waals surface area contributed by atoms with Crippen molar-refractivity contribution in [3.05, 3.63) is 63.9 Å². The van der Waals surface area contributed by atoms with E-state index < -0.39 is 28.3 Å². The van der Waals surface area contributed by atoms with Crippen LogP contribution in [-0.4, -0.2) is 17.9 Å². The minimum atomic E-state index is -4.72. The summed E-state index contributed by atoms with van der Waals surface area (Å²) >= 11 is 0. The van der Waals surface area contributed by atoms with Gasteiger partial charge in [-0.25, -0.2) is 0 Å². The summed E-state index contributed by atoms with van der Waals surface area (Å²) in [7, 11) is 1.50. The fourth-order valence-corrected chi connectivity index (χ4v) is 2.65. The van der Waals surface area contributed by atoms with Gasteiger partial charge < -0.3 is 9.15 Å². The molecule has 0 unspecified atom stereocenters. The largest absolute Gasteiger partial charge is 0.497 e. The van der Waals surface area contributed by atoms with Crippen molar-refractivity contribution in [2.45, 2.75) is 12.6 Å². The van der Waals surface area contributed by atoms with Gasteiger partial charge in [0.05, 0.1) is 30.3 Å². The summed E-state index contributed by atoms with van der Waals surface area (Å²) < 4.78 is 48.7. The lowest BCUT2D eigenvalue weighted by atomic mass is 10.1. The van der Waals surface area contributed by atoms with Gasteiger partial charge in [-0.15, -0.1) is 0 Å². The number of alkyl halides is 3. The molecule has 0 fully saturated rings. The second-order valence-electron chi connectivity index (χ2n) is 5.96. The highest BCUT2D eigenvalue weighted by atomic mass is 19.4. The second kappa shape index (κ2) is 7.70. The maximum Gasteiger partial charge on any atom is 0.416 e. The number of benzene rings is 2. The second-order valence-corrected chi connectivity index (χ2v) is 5.96. The van der Waals surface area contributed by atoms with Crippen LogP contribution in [0.2, 0.25) is 0 Å². The molecule has 0 radical (unpaired) electrons. The molecule has 2 aromatic carbocycles. The molecule has 0 bridgehead atoms. The van der Waals surface area contributed by atoms with Gasteiger partial charge in [0.25, 0.3) is 5.69 Å². The summed E-state index contributed by atoms with van der Waals surface area (Å²) in [6.07, 6.45) is -3.46. The van der Waals surface area contributed by atoms with Crippen LogP contribution in [0.5, 0.6) is 5.75 Å². The zero-order valence-electron chi connectivity index (χ0n) is 14.9. The highest BCUT2D eigenvalue weighted by Gasteiger charge is 2.33. The summed E-state index contributed by atoms with van der Waals surface area (Å²) in [5.41, 5.74) is 3.34. The standard InChI is InChI=1S/C18H14F3N3O5/c1-28-12-3-4-13-10(9-29-16(13)8-12)6-17(25)23-22-14-5-2-11(18(19,20)21)7-15(14)24(26)27/h2-5,7-9,22H,6H2,1H3,(H,23,25).